The van der Waals surface area contributed by atoms with Crippen molar-refractivity contribution in [2.75, 3.05) is 0 Å². The second-order valence-electron chi connectivity index (χ2n) is 3.83. The maximum absolute atomic E-state index is 13.7. The minimum Gasteiger partial charge on any atom is -0.211 e. The molecule has 1 aromatic rings. The highest BCUT2D eigenvalue weighted by Crippen LogP contribution is 2.47. The Bertz CT molecular complexity index is 456. The van der Waals surface area contributed by atoms with Gasteiger partial charge < -0.3 is 0 Å². The fraction of sp³-hybridized carbons (Fsp3) is 0.364. The third-order valence-electron chi connectivity index (χ3n) is 2.91. The van der Waals surface area contributed by atoms with Gasteiger partial charge in [0.25, 0.3) is 0 Å². The quantitative estimate of drug-likeness (QED) is 0.605. The molecule has 16 heavy (non-hydrogen) atoms. The second-order valence-corrected chi connectivity index (χ2v) is 4.75. The van der Waals surface area contributed by atoms with Crippen molar-refractivity contribution in [1.29, 1.82) is 0 Å². The van der Waals surface area contributed by atoms with Gasteiger partial charge in [-0.1, -0.05) is 15.9 Å². The van der Waals surface area contributed by atoms with Crippen molar-refractivity contribution >= 4 is 22.0 Å². The normalized spacial score (nSPS) is 17.4. The average Bonchev–Trinajstić information content (AvgIpc) is 2.12. The van der Waals surface area contributed by atoms with Crippen LogP contribution >= 0.6 is 15.9 Å². The van der Waals surface area contributed by atoms with Crippen molar-refractivity contribution in [3.63, 3.8) is 0 Å². The van der Waals surface area contributed by atoms with Gasteiger partial charge in [0, 0.05) is 4.47 Å². The van der Waals surface area contributed by atoms with Crippen molar-refractivity contribution in [2.24, 2.45) is 4.99 Å². The Kier molecular flexibility index (Phi) is 2.91. The summed E-state index contributed by atoms with van der Waals surface area (Å²) in [6.07, 6.45) is 3.18. The zero-order valence-corrected chi connectivity index (χ0v) is 9.85. The lowest BCUT2D eigenvalue weighted by atomic mass is 9.72. The number of hydrogen-bond donors (Lipinski definition) is 0. The molecular formula is C11H8BrF2NO. The second kappa shape index (κ2) is 4.07. The fourth-order valence-electron chi connectivity index (χ4n) is 2.00. The molecule has 0 amide bonds. The van der Waals surface area contributed by atoms with Gasteiger partial charge in [-0.3, -0.25) is 0 Å². The van der Waals surface area contributed by atoms with Crippen molar-refractivity contribution in [1.82, 2.24) is 0 Å². The summed E-state index contributed by atoms with van der Waals surface area (Å²) in [5, 5.41) is 0. The fourth-order valence-corrected chi connectivity index (χ4v) is 2.41. The van der Waals surface area contributed by atoms with Crippen LogP contribution in [0.5, 0.6) is 0 Å². The largest absolute Gasteiger partial charge is 0.235 e. The molecule has 0 bridgehead atoms. The van der Waals surface area contributed by atoms with E-state index in [9.17, 15) is 13.6 Å². The predicted molar refractivity (Wildman–Crippen MR) is 57.7 cm³/mol. The topological polar surface area (TPSA) is 29.4 Å². The molecule has 0 aliphatic heterocycles. The first-order valence-electron chi connectivity index (χ1n) is 4.83. The number of carbonyl (C=O) groups excluding carboxylic acids is 1. The van der Waals surface area contributed by atoms with Crippen molar-refractivity contribution in [3.8, 4) is 0 Å². The molecule has 5 heteroatoms. The van der Waals surface area contributed by atoms with Gasteiger partial charge in [-0.25, -0.2) is 13.6 Å². The van der Waals surface area contributed by atoms with Crippen LogP contribution < -0.4 is 0 Å². The maximum Gasteiger partial charge on any atom is 0.235 e. The smallest absolute Gasteiger partial charge is 0.211 e. The molecule has 0 atom stereocenters. The highest BCUT2D eigenvalue weighted by atomic mass is 79.9. The first-order valence-corrected chi connectivity index (χ1v) is 5.62. The molecule has 0 heterocycles. The van der Waals surface area contributed by atoms with Gasteiger partial charge in [0.05, 0.1) is 5.56 Å². The number of hydrogen-bond acceptors (Lipinski definition) is 2. The van der Waals surface area contributed by atoms with Crippen molar-refractivity contribution < 1.29 is 13.6 Å². The Morgan fingerprint density at radius 3 is 2.25 bits per heavy atom. The van der Waals surface area contributed by atoms with Gasteiger partial charge in [-0.15, -0.1) is 0 Å². The third-order valence-corrected chi connectivity index (χ3v) is 3.37. The Morgan fingerprint density at radius 1 is 1.31 bits per heavy atom. The molecule has 0 N–H and O–H groups in total. The Balaban J connectivity index is 2.58. The third kappa shape index (κ3) is 1.70. The average molecular weight is 288 g/mol. The van der Waals surface area contributed by atoms with E-state index < -0.39 is 17.2 Å². The van der Waals surface area contributed by atoms with Crippen molar-refractivity contribution in [2.45, 2.75) is 24.8 Å². The van der Waals surface area contributed by atoms with Crippen LogP contribution in [0.1, 0.15) is 24.8 Å². The Labute approximate surface area is 99.5 Å². The standard InChI is InChI=1S/C11H8BrF2NO/c12-7-4-8(13)10(9(14)5-7)11(15-6-16)2-1-3-11/h4-5H,1-3H2. The van der Waals surface area contributed by atoms with Crippen LogP contribution in [0.2, 0.25) is 0 Å². The number of nitrogens with zero attached hydrogens (tertiary/aromatic N) is 1. The van der Waals surface area contributed by atoms with E-state index in [2.05, 4.69) is 20.9 Å². The Hall–Kier alpha value is -1.06. The molecule has 1 aliphatic rings. The zero-order chi connectivity index (χ0) is 11.8. The molecule has 0 radical (unpaired) electrons. The van der Waals surface area contributed by atoms with Gasteiger partial charge >= 0.3 is 0 Å². The van der Waals surface area contributed by atoms with E-state index in [0.29, 0.717) is 17.3 Å². The van der Waals surface area contributed by atoms with Crippen LogP contribution in [0.4, 0.5) is 8.78 Å². The van der Waals surface area contributed by atoms with Gasteiger partial charge in [0.1, 0.15) is 17.2 Å². The summed E-state index contributed by atoms with van der Waals surface area (Å²) in [5.41, 5.74) is -1.15. The molecule has 1 saturated carbocycles. The summed E-state index contributed by atoms with van der Waals surface area (Å²) in [4.78, 5) is 13.9. The lowest BCUT2D eigenvalue weighted by Gasteiger charge is -2.37. The van der Waals surface area contributed by atoms with E-state index in [1.54, 1.807) is 0 Å². The minimum absolute atomic E-state index is 0.120. The van der Waals surface area contributed by atoms with Crippen LogP contribution in [0.3, 0.4) is 0 Å². The van der Waals surface area contributed by atoms with E-state index in [1.807, 2.05) is 0 Å². The highest BCUT2D eigenvalue weighted by molar-refractivity contribution is 9.10. The number of halogens is 3. The molecular weight excluding hydrogens is 280 g/mol. The van der Waals surface area contributed by atoms with Crippen LogP contribution in [-0.4, -0.2) is 6.08 Å². The molecule has 0 aromatic heterocycles. The zero-order valence-electron chi connectivity index (χ0n) is 8.27. The molecule has 0 spiro atoms. The highest BCUT2D eigenvalue weighted by Gasteiger charge is 2.43. The summed E-state index contributed by atoms with van der Waals surface area (Å²) in [7, 11) is 0. The Morgan fingerprint density at radius 2 is 1.88 bits per heavy atom. The van der Waals surface area contributed by atoms with Crippen LogP contribution in [0, 0.1) is 11.6 Å². The first-order chi connectivity index (χ1) is 7.59. The van der Waals surface area contributed by atoms with E-state index in [4.69, 9.17) is 0 Å². The van der Waals surface area contributed by atoms with Gasteiger partial charge in [-0.05, 0) is 31.4 Å². The van der Waals surface area contributed by atoms with Gasteiger partial charge in [0.15, 0.2) is 0 Å². The lowest BCUT2D eigenvalue weighted by molar-refractivity contribution is 0.238. The van der Waals surface area contributed by atoms with E-state index in [-0.39, 0.29) is 5.56 Å². The van der Waals surface area contributed by atoms with E-state index in [1.165, 1.54) is 18.2 Å². The minimum atomic E-state index is -1.03. The van der Waals surface area contributed by atoms with E-state index in [0.717, 1.165) is 6.42 Å². The SMILES string of the molecule is O=C=NC1(c2c(F)cc(Br)cc2F)CCC1. The number of isocyanates is 1. The van der Waals surface area contributed by atoms with E-state index >= 15 is 0 Å². The molecule has 2 rings (SSSR count). The molecule has 1 fully saturated rings. The monoisotopic (exact) mass is 287 g/mol. The van der Waals surface area contributed by atoms with Crippen LogP contribution in [-0.2, 0) is 10.3 Å². The summed E-state index contributed by atoms with van der Waals surface area (Å²) < 4.78 is 27.7. The molecule has 0 saturated heterocycles. The lowest BCUT2D eigenvalue weighted by Crippen LogP contribution is -2.34. The summed E-state index contributed by atoms with van der Waals surface area (Å²) >= 11 is 3.00. The number of aliphatic imine (C=N–C) groups is 1. The summed E-state index contributed by atoms with van der Waals surface area (Å²) in [6, 6.07) is 2.36. The van der Waals surface area contributed by atoms with Crippen LogP contribution in [0.15, 0.2) is 21.6 Å². The predicted octanol–water partition coefficient (Wildman–Crippen LogP) is 3.44. The molecule has 84 valence electrons. The van der Waals surface area contributed by atoms with Gasteiger partial charge in [0.2, 0.25) is 6.08 Å². The summed E-state index contributed by atoms with van der Waals surface area (Å²) in [6.45, 7) is 0. The van der Waals surface area contributed by atoms with Crippen molar-refractivity contribution in [3.05, 3.63) is 33.8 Å². The summed E-state index contributed by atoms with van der Waals surface area (Å²) in [5.74, 6) is -1.35. The molecule has 1 aromatic carbocycles. The number of benzene rings is 1. The van der Waals surface area contributed by atoms with Gasteiger partial charge in [-0.2, -0.15) is 4.99 Å². The van der Waals surface area contributed by atoms with Crippen LogP contribution in [0.25, 0.3) is 0 Å². The molecule has 2 nitrogen and oxygen atoms in total. The molecule has 1 aliphatic carbocycles. The molecule has 0 unspecified atom stereocenters. The maximum atomic E-state index is 13.7. The first kappa shape index (κ1) is 11.4. The number of rotatable bonds is 2.